The van der Waals surface area contributed by atoms with Crippen LogP contribution in [0.5, 0.6) is 5.75 Å². The Morgan fingerprint density at radius 3 is 2.35 bits per heavy atom. The molecule has 4 N–H and O–H groups in total. The van der Waals surface area contributed by atoms with Gasteiger partial charge in [0.05, 0.1) is 6.10 Å². The standard InChI is InChI=1S/C30H44N4O6/c1-3-30(2)29(39)32-24(19-20-13-15-22(16-14-20)40-21-9-4-5-10-21)28(38)34-17-8-12-25(34)27(37)31-23(26(36)33-30)11-6-7-18-35/h13-16,21,23-25,35H,3-12,17-19H2,1-2H3,(H,31,37)(H,32,39)(H,33,36)/t23-,24-,25+,30-/m0/s1. The van der Waals surface area contributed by atoms with Crippen LogP contribution in [0.1, 0.15) is 83.6 Å². The summed E-state index contributed by atoms with van der Waals surface area (Å²) in [5, 5.41) is 17.8. The van der Waals surface area contributed by atoms with Gasteiger partial charge >= 0.3 is 0 Å². The lowest BCUT2D eigenvalue weighted by atomic mass is 9.94. The summed E-state index contributed by atoms with van der Waals surface area (Å²) in [6.07, 6.45) is 7.77. The SMILES string of the molecule is CC[C@]1(C)NC(=O)[C@H](CCCCO)NC(=O)[C@H]2CCCN2C(=O)[C@H](Cc2ccc(OC3CCCC3)cc2)NC1=O. The van der Waals surface area contributed by atoms with Gasteiger partial charge in [0.2, 0.25) is 23.6 Å². The molecule has 2 saturated heterocycles. The Morgan fingerprint density at radius 2 is 1.68 bits per heavy atom. The molecule has 1 saturated carbocycles. The first kappa shape index (κ1) is 29.8. The summed E-state index contributed by atoms with van der Waals surface area (Å²) in [6.45, 7) is 3.82. The average molecular weight is 557 g/mol. The van der Waals surface area contributed by atoms with Crippen LogP contribution in [0, 0.1) is 0 Å². The van der Waals surface area contributed by atoms with Crippen molar-refractivity contribution in [3.8, 4) is 5.75 Å². The van der Waals surface area contributed by atoms with Crippen molar-refractivity contribution in [1.29, 1.82) is 0 Å². The van der Waals surface area contributed by atoms with Gasteiger partial charge < -0.3 is 30.7 Å². The first-order valence-corrected chi connectivity index (χ1v) is 14.8. The van der Waals surface area contributed by atoms with E-state index in [1.807, 2.05) is 24.3 Å². The fourth-order valence-corrected chi connectivity index (χ4v) is 5.82. The van der Waals surface area contributed by atoms with E-state index in [0.717, 1.165) is 24.2 Å². The third-order valence-electron chi connectivity index (χ3n) is 8.55. The highest BCUT2D eigenvalue weighted by atomic mass is 16.5. The van der Waals surface area contributed by atoms with Crippen LogP contribution in [0.25, 0.3) is 0 Å². The van der Waals surface area contributed by atoms with Crippen molar-refractivity contribution in [1.82, 2.24) is 20.9 Å². The molecule has 1 aromatic carbocycles. The maximum Gasteiger partial charge on any atom is 0.246 e. The summed E-state index contributed by atoms with van der Waals surface area (Å²) in [5.41, 5.74) is -0.422. The number of aliphatic hydroxyl groups excluding tert-OH is 1. The van der Waals surface area contributed by atoms with Gasteiger partial charge in [-0.3, -0.25) is 19.2 Å². The number of ether oxygens (including phenoxy) is 1. The monoisotopic (exact) mass is 556 g/mol. The zero-order chi connectivity index (χ0) is 28.7. The van der Waals surface area contributed by atoms with Crippen molar-refractivity contribution in [3.05, 3.63) is 29.8 Å². The van der Waals surface area contributed by atoms with Crippen LogP contribution in [-0.4, -0.2) is 76.6 Å². The van der Waals surface area contributed by atoms with Gasteiger partial charge in [0.15, 0.2) is 0 Å². The highest BCUT2D eigenvalue weighted by Crippen LogP contribution is 2.25. The fourth-order valence-electron chi connectivity index (χ4n) is 5.82. The molecule has 4 amide bonds. The van der Waals surface area contributed by atoms with E-state index in [0.29, 0.717) is 45.1 Å². The fraction of sp³-hybridized carbons (Fsp3) is 0.667. The van der Waals surface area contributed by atoms with Gasteiger partial charge in [-0.05, 0) is 88.8 Å². The largest absolute Gasteiger partial charge is 0.490 e. The van der Waals surface area contributed by atoms with Crippen LogP contribution in [0.3, 0.4) is 0 Å². The van der Waals surface area contributed by atoms with Crippen molar-refractivity contribution in [3.63, 3.8) is 0 Å². The van der Waals surface area contributed by atoms with Gasteiger partial charge in [0, 0.05) is 19.6 Å². The predicted octanol–water partition coefficient (Wildman–Crippen LogP) is 1.97. The maximum absolute atomic E-state index is 13.9. The molecule has 1 aliphatic carbocycles. The number of amides is 4. The molecule has 10 nitrogen and oxygen atoms in total. The van der Waals surface area contributed by atoms with Crippen LogP contribution >= 0.6 is 0 Å². The minimum Gasteiger partial charge on any atom is -0.490 e. The lowest BCUT2D eigenvalue weighted by Gasteiger charge is -2.36. The molecule has 4 atom stereocenters. The number of hydrogen-bond acceptors (Lipinski definition) is 6. The number of nitrogens with one attached hydrogen (secondary N) is 3. The third kappa shape index (κ3) is 7.13. The lowest BCUT2D eigenvalue weighted by molar-refractivity contribution is -0.144. The number of carbonyl (C=O) groups excluding carboxylic acids is 4. The average Bonchev–Trinajstić information content (AvgIpc) is 3.65. The molecular formula is C30H44N4O6. The zero-order valence-corrected chi connectivity index (χ0v) is 23.7. The zero-order valence-electron chi connectivity index (χ0n) is 23.7. The van der Waals surface area contributed by atoms with E-state index in [9.17, 15) is 24.3 Å². The summed E-state index contributed by atoms with van der Waals surface area (Å²) in [5.74, 6) is -0.779. The number of aliphatic hydroxyl groups is 1. The van der Waals surface area contributed by atoms with E-state index < -0.39 is 35.5 Å². The second-order valence-corrected chi connectivity index (χ2v) is 11.5. The molecule has 4 rings (SSSR count). The van der Waals surface area contributed by atoms with Crippen LogP contribution in [0.2, 0.25) is 0 Å². The number of rotatable bonds is 9. The highest BCUT2D eigenvalue weighted by molar-refractivity contribution is 5.99. The Morgan fingerprint density at radius 1 is 0.950 bits per heavy atom. The highest BCUT2D eigenvalue weighted by Gasteiger charge is 2.43. The number of fused-ring (bicyclic) bond motifs is 1. The van der Waals surface area contributed by atoms with Gasteiger partial charge in [-0.2, -0.15) is 0 Å². The number of hydrogen-bond donors (Lipinski definition) is 4. The van der Waals surface area contributed by atoms with E-state index in [1.54, 1.807) is 18.7 Å². The van der Waals surface area contributed by atoms with Crippen molar-refractivity contribution in [2.45, 2.75) is 114 Å². The molecule has 40 heavy (non-hydrogen) atoms. The Bertz CT molecular complexity index is 1060. The van der Waals surface area contributed by atoms with E-state index in [2.05, 4.69) is 16.0 Å². The quantitative estimate of drug-likeness (QED) is 0.343. The predicted molar refractivity (Wildman–Crippen MR) is 149 cm³/mol. The summed E-state index contributed by atoms with van der Waals surface area (Å²) >= 11 is 0. The third-order valence-corrected chi connectivity index (χ3v) is 8.55. The smallest absolute Gasteiger partial charge is 0.246 e. The molecule has 0 radical (unpaired) electrons. The number of benzene rings is 1. The number of unbranched alkanes of at least 4 members (excludes halogenated alkanes) is 1. The Kier molecular flexibility index (Phi) is 10.1. The minimum atomic E-state index is -1.28. The Balaban J connectivity index is 1.57. The van der Waals surface area contributed by atoms with Gasteiger partial charge in [0.1, 0.15) is 29.4 Å². The van der Waals surface area contributed by atoms with Crippen molar-refractivity contribution in [2.24, 2.45) is 0 Å². The number of nitrogens with zero attached hydrogens (tertiary/aromatic N) is 1. The summed E-state index contributed by atoms with van der Waals surface area (Å²) in [4.78, 5) is 55.7. The molecule has 0 bridgehead atoms. The molecule has 0 aromatic heterocycles. The molecule has 0 unspecified atom stereocenters. The summed E-state index contributed by atoms with van der Waals surface area (Å²) in [7, 11) is 0. The second kappa shape index (κ2) is 13.5. The molecule has 0 spiro atoms. The van der Waals surface area contributed by atoms with Crippen LogP contribution in [0.15, 0.2) is 24.3 Å². The molecule has 10 heteroatoms. The summed E-state index contributed by atoms with van der Waals surface area (Å²) < 4.78 is 6.07. The number of carbonyl (C=O) groups is 4. The van der Waals surface area contributed by atoms with Gasteiger partial charge in [0.25, 0.3) is 0 Å². The van der Waals surface area contributed by atoms with Crippen LogP contribution in [-0.2, 0) is 25.6 Å². The molecule has 2 heterocycles. The molecule has 3 aliphatic rings. The molecule has 220 valence electrons. The van der Waals surface area contributed by atoms with Crippen molar-refractivity contribution in [2.75, 3.05) is 13.2 Å². The normalized spacial score (nSPS) is 28.3. The van der Waals surface area contributed by atoms with Gasteiger partial charge in [-0.15, -0.1) is 0 Å². The molecule has 3 fully saturated rings. The van der Waals surface area contributed by atoms with Gasteiger partial charge in [-0.1, -0.05) is 19.1 Å². The van der Waals surface area contributed by atoms with Crippen LogP contribution in [0.4, 0.5) is 0 Å². The Hall–Kier alpha value is -3.14. The van der Waals surface area contributed by atoms with Crippen molar-refractivity contribution < 1.29 is 29.0 Å². The first-order valence-electron chi connectivity index (χ1n) is 14.8. The topological polar surface area (TPSA) is 137 Å². The second-order valence-electron chi connectivity index (χ2n) is 11.5. The molecule has 2 aliphatic heterocycles. The van der Waals surface area contributed by atoms with Gasteiger partial charge in [-0.25, -0.2) is 0 Å². The van der Waals surface area contributed by atoms with E-state index in [4.69, 9.17) is 4.74 Å². The minimum absolute atomic E-state index is 0.0140. The van der Waals surface area contributed by atoms with Crippen LogP contribution < -0.4 is 20.7 Å². The van der Waals surface area contributed by atoms with E-state index >= 15 is 0 Å². The van der Waals surface area contributed by atoms with Crippen molar-refractivity contribution >= 4 is 23.6 Å². The summed E-state index contributed by atoms with van der Waals surface area (Å²) in [6, 6.07) is 5.14. The van der Waals surface area contributed by atoms with E-state index in [1.165, 1.54) is 12.8 Å². The van der Waals surface area contributed by atoms with E-state index in [-0.39, 0.29) is 30.9 Å². The Labute approximate surface area is 236 Å². The molecule has 1 aromatic rings. The maximum atomic E-state index is 13.9. The first-order chi connectivity index (χ1) is 19.2. The molecular weight excluding hydrogens is 512 g/mol. The lowest BCUT2D eigenvalue weighted by Crippen LogP contribution is -2.65.